The first kappa shape index (κ1) is 16.8. The van der Waals surface area contributed by atoms with Crippen LogP contribution in [0.1, 0.15) is 37.7 Å². The van der Waals surface area contributed by atoms with Crippen molar-refractivity contribution in [3.63, 3.8) is 0 Å². The second-order valence-corrected chi connectivity index (χ2v) is 7.14. The molecule has 26 heavy (non-hydrogen) atoms. The highest BCUT2D eigenvalue weighted by Gasteiger charge is 2.26. The van der Waals surface area contributed by atoms with Crippen molar-refractivity contribution in [1.82, 2.24) is 5.32 Å². The number of hydrogen-bond acceptors (Lipinski definition) is 3. The maximum atomic E-state index is 12.1. The van der Waals surface area contributed by atoms with Gasteiger partial charge in [-0.15, -0.1) is 0 Å². The van der Waals surface area contributed by atoms with Crippen LogP contribution < -0.4 is 5.32 Å². The summed E-state index contributed by atoms with van der Waals surface area (Å²) in [6.07, 6.45) is 5.05. The Morgan fingerprint density at radius 2 is 1.62 bits per heavy atom. The minimum atomic E-state index is -0.0656. The smallest absolute Gasteiger partial charge is 0.223 e. The summed E-state index contributed by atoms with van der Waals surface area (Å²) >= 11 is 0. The summed E-state index contributed by atoms with van der Waals surface area (Å²) in [5.74, 6) is 0.370. The largest absolute Gasteiger partial charge is 0.390 e. The van der Waals surface area contributed by atoms with Crippen molar-refractivity contribution in [3.05, 3.63) is 60.2 Å². The molecule has 1 fully saturated rings. The molecule has 1 aliphatic carbocycles. The highest BCUT2D eigenvalue weighted by Crippen LogP contribution is 2.25. The molecule has 0 bridgehead atoms. The summed E-state index contributed by atoms with van der Waals surface area (Å²) < 4.78 is 0. The van der Waals surface area contributed by atoms with Crippen molar-refractivity contribution < 1.29 is 9.63 Å². The Hall–Kier alpha value is -2.62. The second-order valence-electron chi connectivity index (χ2n) is 7.14. The molecule has 1 aliphatic heterocycles. The number of hydrogen-bond donors (Lipinski definition) is 1. The van der Waals surface area contributed by atoms with Crippen molar-refractivity contribution in [2.75, 3.05) is 6.54 Å². The van der Waals surface area contributed by atoms with Gasteiger partial charge in [0.1, 0.15) is 6.10 Å². The number of carbonyl (C=O) groups excluding carboxylic acids is 1. The van der Waals surface area contributed by atoms with Gasteiger partial charge < -0.3 is 10.2 Å². The second kappa shape index (κ2) is 7.73. The van der Waals surface area contributed by atoms with E-state index in [1.807, 2.05) is 18.2 Å². The van der Waals surface area contributed by atoms with Crippen molar-refractivity contribution in [2.45, 2.75) is 38.2 Å². The molecule has 0 radical (unpaired) electrons. The van der Waals surface area contributed by atoms with Gasteiger partial charge in [-0.3, -0.25) is 4.79 Å². The predicted octanol–water partition coefficient (Wildman–Crippen LogP) is 4.15. The molecule has 1 atom stereocenters. The summed E-state index contributed by atoms with van der Waals surface area (Å²) in [7, 11) is 0. The molecule has 134 valence electrons. The van der Waals surface area contributed by atoms with E-state index in [1.165, 1.54) is 24.0 Å². The van der Waals surface area contributed by atoms with Crippen LogP contribution >= 0.6 is 0 Å². The number of carbonyl (C=O) groups is 1. The maximum Gasteiger partial charge on any atom is 0.223 e. The van der Waals surface area contributed by atoms with Gasteiger partial charge in [0.05, 0.1) is 12.3 Å². The molecule has 2 aromatic carbocycles. The lowest BCUT2D eigenvalue weighted by Crippen LogP contribution is -2.35. The zero-order valence-corrected chi connectivity index (χ0v) is 14.9. The van der Waals surface area contributed by atoms with Gasteiger partial charge in [0.15, 0.2) is 0 Å². The number of nitrogens with one attached hydrogen (secondary N) is 1. The van der Waals surface area contributed by atoms with Crippen LogP contribution in [0.5, 0.6) is 0 Å². The molecule has 1 unspecified atom stereocenters. The molecule has 2 aliphatic rings. The SMILES string of the molecule is O=C(NCC1CC(c2ccc(-c3ccccc3)cc2)=NO1)C1CCCC1. The van der Waals surface area contributed by atoms with Crippen LogP contribution in [0, 0.1) is 5.92 Å². The van der Waals surface area contributed by atoms with Crippen molar-refractivity contribution in [3.8, 4) is 11.1 Å². The van der Waals surface area contributed by atoms with Crippen LogP contribution in [0.3, 0.4) is 0 Å². The molecule has 0 aromatic heterocycles. The Kier molecular flexibility index (Phi) is 5.00. The Morgan fingerprint density at radius 3 is 2.35 bits per heavy atom. The quantitative estimate of drug-likeness (QED) is 0.882. The van der Waals surface area contributed by atoms with Gasteiger partial charge in [-0.25, -0.2) is 0 Å². The van der Waals surface area contributed by atoms with Gasteiger partial charge in [-0.05, 0) is 29.5 Å². The molecule has 4 nitrogen and oxygen atoms in total. The van der Waals surface area contributed by atoms with Gasteiger partial charge in [0, 0.05) is 12.3 Å². The molecule has 1 N–H and O–H groups in total. The Morgan fingerprint density at radius 1 is 0.962 bits per heavy atom. The highest BCUT2D eigenvalue weighted by atomic mass is 16.6. The highest BCUT2D eigenvalue weighted by molar-refractivity contribution is 6.01. The molecular formula is C22H24N2O2. The van der Waals surface area contributed by atoms with E-state index in [-0.39, 0.29) is 17.9 Å². The summed E-state index contributed by atoms with van der Waals surface area (Å²) in [6.45, 7) is 0.532. The van der Waals surface area contributed by atoms with Gasteiger partial charge in [-0.2, -0.15) is 0 Å². The third kappa shape index (κ3) is 3.79. The molecule has 4 rings (SSSR count). The third-order valence-corrected chi connectivity index (χ3v) is 5.29. The van der Waals surface area contributed by atoms with Crippen molar-refractivity contribution in [2.24, 2.45) is 11.1 Å². The van der Waals surface area contributed by atoms with Gasteiger partial charge in [0.25, 0.3) is 0 Å². The summed E-state index contributed by atoms with van der Waals surface area (Å²) in [5, 5.41) is 7.26. The van der Waals surface area contributed by atoms with E-state index in [4.69, 9.17) is 4.84 Å². The Bertz CT molecular complexity index is 778. The molecule has 2 aromatic rings. The standard InChI is InChI=1S/C22H24N2O2/c25-22(19-8-4-5-9-19)23-15-20-14-21(24-26-20)18-12-10-17(11-13-18)16-6-2-1-3-7-16/h1-3,6-7,10-13,19-20H,4-5,8-9,14-15H2,(H,23,25). The van der Waals surface area contributed by atoms with E-state index in [1.54, 1.807) is 0 Å². The van der Waals surface area contributed by atoms with Crippen molar-refractivity contribution >= 4 is 11.6 Å². The normalized spacial score (nSPS) is 19.8. The molecule has 4 heteroatoms. The van der Waals surface area contributed by atoms with E-state index >= 15 is 0 Å². The lowest BCUT2D eigenvalue weighted by atomic mass is 10.00. The molecular weight excluding hydrogens is 324 g/mol. The first-order valence-corrected chi connectivity index (χ1v) is 9.46. The topological polar surface area (TPSA) is 50.7 Å². The van der Waals surface area contributed by atoms with Crippen LogP contribution in [-0.2, 0) is 9.63 Å². The molecule has 1 amide bonds. The lowest BCUT2D eigenvalue weighted by molar-refractivity contribution is -0.125. The van der Waals surface area contributed by atoms with E-state index in [9.17, 15) is 4.79 Å². The first-order chi connectivity index (χ1) is 12.8. The fourth-order valence-corrected chi connectivity index (χ4v) is 3.74. The Labute approximate surface area is 154 Å². The number of oxime groups is 1. The van der Waals surface area contributed by atoms with Gasteiger partial charge >= 0.3 is 0 Å². The summed E-state index contributed by atoms with van der Waals surface area (Å²) in [6, 6.07) is 18.7. The molecule has 1 saturated carbocycles. The van der Waals surface area contributed by atoms with Gasteiger partial charge in [0.2, 0.25) is 5.91 Å². The summed E-state index contributed by atoms with van der Waals surface area (Å²) in [4.78, 5) is 17.6. The lowest BCUT2D eigenvalue weighted by Gasteiger charge is -2.13. The van der Waals surface area contributed by atoms with Crippen LogP contribution in [0.25, 0.3) is 11.1 Å². The fourth-order valence-electron chi connectivity index (χ4n) is 3.74. The number of benzene rings is 2. The van der Waals surface area contributed by atoms with Crippen LogP contribution in [0.2, 0.25) is 0 Å². The third-order valence-electron chi connectivity index (χ3n) is 5.29. The number of nitrogens with zero attached hydrogens (tertiary/aromatic N) is 1. The average molecular weight is 348 g/mol. The van der Waals surface area contributed by atoms with Crippen molar-refractivity contribution in [1.29, 1.82) is 0 Å². The molecule has 0 saturated heterocycles. The molecule has 1 heterocycles. The molecule has 0 spiro atoms. The first-order valence-electron chi connectivity index (χ1n) is 9.46. The van der Waals surface area contributed by atoms with Crippen LogP contribution in [0.4, 0.5) is 0 Å². The van der Waals surface area contributed by atoms with Crippen LogP contribution in [0.15, 0.2) is 59.8 Å². The Balaban J connectivity index is 1.31. The fraction of sp³-hybridized carbons (Fsp3) is 0.364. The van der Waals surface area contributed by atoms with Gasteiger partial charge in [-0.1, -0.05) is 72.6 Å². The predicted molar refractivity (Wildman–Crippen MR) is 103 cm³/mol. The van der Waals surface area contributed by atoms with E-state index in [0.717, 1.165) is 30.5 Å². The van der Waals surface area contributed by atoms with E-state index < -0.39 is 0 Å². The van der Waals surface area contributed by atoms with E-state index in [0.29, 0.717) is 6.54 Å². The average Bonchev–Trinajstić information content (AvgIpc) is 3.39. The zero-order valence-electron chi connectivity index (χ0n) is 14.9. The number of amides is 1. The minimum absolute atomic E-state index is 0.0656. The minimum Gasteiger partial charge on any atom is -0.390 e. The summed E-state index contributed by atoms with van der Waals surface area (Å²) in [5.41, 5.74) is 4.42. The monoisotopic (exact) mass is 348 g/mol. The maximum absolute atomic E-state index is 12.1. The zero-order chi connectivity index (χ0) is 17.8. The van der Waals surface area contributed by atoms with Crippen LogP contribution in [-0.4, -0.2) is 24.3 Å². The number of rotatable bonds is 5. The van der Waals surface area contributed by atoms with E-state index in [2.05, 4.69) is 46.9 Å².